The maximum atomic E-state index is 13.1. The molecular formula is C29H31N3O5. The van der Waals surface area contributed by atoms with Crippen molar-refractivity contribution in [3.8, 4) is 11.5 Å². The third kappa shape index (κ3) is 6.46. The van der Waals surface area contributed by atoms with Crippen LogP contribution in [0.4, 0.5) is 11.4 Å². The lowest BCUT2D eigenvalue weighted by Gasteiger charge is -2.18. The number of amides is 3. The van der Waals surface area contributed by atoms with E-state index in [9.17, 15) is 14.4 Å². The normalized spacial score (nSPS) is 15.0. The summed E-state index contributed by atoms with van der Waals surface area (Å²) in [4.78, 5) is 40.3. The molecule has 0 radical (unpaired) electrons. The molecular weight excluding hydrogens is 470 g/mol. The van der Waals surface area contributed by atoms with Gasteiger partial charge in [-0.3, -0.25) is 14.4 Å². The fraction of sp³-hybridized carbons (Fsp3) is 0.276. The number of carbonyl (C=O) groups excluding carboxylic acids is 3. The van der Waals surface area contributed by atoms with E-state index in [2.05, 4.69) is 10.6 Å². The molecule has 1 heterocycles. The van der Waals surface area contributed by atoms with Gasteiger partial charge in [0.1, 0.15) is 11.5 Å². The van der Waals surface area contributed by atoms with Crippen LogP contribution in [0, 0.1) is 5.92 Å². The van der Waals surface area contributed by atoms with Crippen LogP contribution in [0.15, 0.2) is 72.8 Å². The molecule has 1 aliphatic rings. The number of rotatable bonds is 9. The van der Waals surface area contributed by atoms with Crippen molar-refractivity contribution < 1.29 is 23.9 Å². The van der Waals surface area contributed by atoms with Crippen LogP contribution in [-0.2, 0) is 16.1 Å². The molecule has 0 bridgehead atoms. The second kappa shape index (κ2) is 11.6. The van der Waals surface area contributed by atoms with E-state index in [1.807, 2.05) is 62.4 Å². The summed E-state index contributed by atoms with van der Waals surface area (Å²) < 4.78 is 10.9. The van der Waals surface area contributed by atoms with Crippen LogP contribution in [0.25, 0.3) is 0 Å². The number of nitrogens with one attached hydrogen (secondary N) is 2. The number of methoxy groups -OCH3 is 1. The van der Waals surface area contributed by atoms with E-state index in [1.165, 1.54) is 0 Å². The van der Waals surface area contributed by atoms with Crippen molar-refractivity contribution in [3.05, 3.63) is 83.9 Å². The van der Waals surface area contributed by atoms with Crippen molar-refractivity contribution in [2.24, 2.45) is 5.92 Å². The lowest BCUT2D eigenvalue weighted by atomic mass is 10.1. The minimum Gasteiger partial charge on any atom is -0.497 e. The quantitative estimate of drug-likeness (QED) is 0.453. The number of benzene rings is 3. The summed E-state index contributed by atoms with van der Waals surface area (Å²) in [6.45, 7) is 4.47. The summed E-state index contributed by atoms with van der Waals surface area (Å²) >= 11 is 0. The maximum absolute atomic E-state index is 13.1. The van der Waals surface area contributed by atoms with E-state index in [0.717, 1.165) is 11.3 Å². The Labute approximate surface area is 216 Å². The zero-order valence-corrected chi connectivity index (χ0v) is 21.2. The predicted octanol–water partition coefficient (Wildman–Crippen LogP) is 4.40. The van der Waals surface area contributed by atoms with Gasteiger partial charge in [0.15, 0.2) is 0 Å². The lowest BCUT2D eigenvalue weighted by Crippen LogP contribution is -2.29. The maximum Gasteiger partial charge on any atom is 0.253 e. The highest BCUT2D eigenvalue weighted by Crippen LogP contribution is 2.28. The van der Waals surface area contributed by atoms with Gasteiger partial charge in [-0.2, -0.15) is 0 Å². The summed E-state index contributed by atoms with van der Waals surface area (Å²) in [5, 5.41) is 5.74. The number of para-hydroxylation sites is 1. The van der Waals surface area contributed by atoms with Crippen LogP contribution in [0.3, 0.4) is 0 Å². The smallest absolute Gasteiger partial charge is 0.253 e. The average Bonchev–Trinajstić information content (AvgIpc) is 3.29. The van der Waals surface area contributed by atoms with Crippen LogP contribution in [0.5, 0.6) is 11.5 Å². The highest BCUT2D eigenvalue weighted by atomic mass is 16.5. The molecule has 0 unspecified atom stereocenters. The first-order chi connectivity index (χ1) is 17.8. The van der Waals surface area contributed by atoms with E-state index in [-0.39, 0.29) is 36.8 Å². The molecule has 1 aliphatic heterocycles. The molecule has 0 spiro atoms. The Hall–Kier alpha value is -4.33. The summed E-state index contributed by atoms with van der Waals surface area (Å²) in [7, 11) is 1.59. The van der Waals surface area contributed by atoms with Gasteiger partial charge in [-0.05, 0) is 67.9 Å². The molecule has 2 N–H and O–H groups in total. The minimum absolute atomic E-state index is 0.0548. The highest BCUT2D eigenvalue weighted by molar-refractivity contribution is 6.07. The van der Waals surface area contributed by atoms with Gasteiger partial charge in [-0.15, -0.1) is 0 Å². The van der Waals surface area contributed by atoms with Crippen molar-refractivity contribution in [1.82, 2.24) is 5.32 Å². The van der Waals surface area contributed by atoms with Crippen LogP contribution in [-0.4, -0.2) is 37.5 Å². The van der Waals surface area contributed by atoms with Gasteiger partial charge in [-0.25, -0.2) is 0 Å². The van der Waals surface area contributed by atoms with Gasteiger partial charge in [0, 0.05) is 25.2 Å². The second-order valence-corrected chi connectivity index (χ2v) is 9.13. The van der Waals surface area contributed by atoms with Crippen LogP contribution in [0.1, 0.15) is 36.2 Å². The monoisotopic (exact) mass is 501 g/mol. The van der Waals surface area contributed by atoms with E-state index in [1.54, 1.807) is 36.3 Å². The Kier molecular flexibility index (Phi) is 8.08. The Bertz CT molecular complexity index is 1270. The highest BCUT2D eigenvalue weighted by Gasteiger charge is 2.35. The average molecular weight is 502 g/mol. The van der Waals surface area contributed by atoms with Crippen LogP contribution in [0.2, 0.25) is 0 Å². The zero-order valence-electron chi connectivity index (χ0n) is 21.2. The molecule has 3 aromatic rings. The van der Waals surface area contributed by atoms with Crippen molar-refractivity contribution in [3.63, 3.8) is 0 Å². The van der Waals surface area contributed by atoms with Crippen molar-refractivity contribution in [2.75, 3.05) is 23.9 Å². The summed E-state index contributed by atoms with van der Waals surface area (Å²) in [5.41, 5.74) is 2.36. The Balaban J connectivity index is 1.39. The zero-order chi connectivity index (χ0) is 26.4. The van der Waals surface area contributed by atoms with Crippen molar-refractivity contribution >= 4 is 29.1 Å². The van der Waals surface area contributed by atoms with E-state index < -0.39 is 5.92 Å². The minimum atomic E-state index is -0.535. The molecule has 3 amide bonds. The van der Waals surface area contributed by atoms with Crippen LogP contribution < -0.4 is 25.0 Å². The summed E-state index contributed by atoms with van der Waals surface area (Å²) in [5.74, 6) is 0.157. The van der Waals surface area contributed by atoms with Gasteiger partial charge in [0.2, 0.25) is 11.8 Å². The number of nitrogens with zero attached hydrogens (tertiary/aromatic N) is 1. The van der Waals surface area contributed by atoms with Crippen molar-refractivity contribution in [1.29, 1.82) is 0 Å². The Morgan fingerprint density at radius 3 is 2.49 bits per heavy atom. The van der Waals surface area contributed by atoms with Crippen molar-refractivity contribution in [2.45, 2.75) is 32.9 Å². The lowest BCUT2D eigenvalue weighted by molar-refractivity contribution is -0.122. The first kappa shape index (κ1) is 25.8. The Morgan fingerprint density at radius 2 is 1.76 bits per heavy atom. The first-order valence-electron chi connectivity index (χ1n) is 12.2. The standard InChI is InChI=1S/C29H31N3O5/c1-19(2)37-23-13-11-22(12-14-23)32-18-21(16-27(32)33)28(34)31-26-10-5-4-9-25(26)29(35)30-17-20-7-6-8-24(15-20)36-3/h4-15,19,21H,16-18H2,1-3H3,(H,30,35)(H,31,34)/t21-/m1/s1. The third-order valence-corrected chi connectivity index (χ3v) is 6.03. The van der Waals surface area contributed by atoms with Gasteiger partial charge in [0.05, 0.1) is 30.4 Å². The molecule has 0 saturated carbocycles. The summed E-state index contributed by atoms with van der Waals surface area (Å²) in [6.07, 6.45) is 0.152. The fourth-order valence-corrected chi connectivity index (χ4v) is 4.19. The molecule has 0 aliphatic carbocycles. The SMILES string of the molecule is COc1cccc(CNC(=O)c2ccccc2NC(=O)[C@@H]2CC(=O)N(c3ccc(OC(C)C)cc3)C2)c1. The van der Waals surface area contributed by atoms with Gasteiger partial charge in [-0.1, -0.05) is 24.3 Å². The van der Waals surface area contributed by atoms with E-state index in [4.69, 9.17) is 9.47 Å². The predicted molar refractivity (Wildman–Crippen MR) is 142 cm³/mol. The van der Waals surface area contributed by atoms with E-state index >= 15 is 0 Å². The first-order valence-corrected chi connectivity index (χ1v) is 12.2. The van der Waals surface area contributed by atoms with Gasteiger partial charge in [0.25, 0.3) is 5.91 Å². The molecule has 1 atom stereocenters. The molecule has 37 heavy (non-hydrogen) atoms. The third-order valence-electron chi connectivity index (χ3n) is 6.03. The number of anilines is 2. The van der Waals surface area contributed by atoms with Gasteiger partial charge < -0.3 is 25.0 Å². The molecule has 4 rings (SSSR count). The number of ether oxygens (including phenoxy) is 2. The largest absolute Gasteiger partial charge is 0.497 e. The summed E-state index contributed by atoms with van der Waals surface area (Å²) in [6, 6.07) is 21.5. The molecule has 192 valence electrons. The Morgan fingerprint density at radius 1 is 1.00 bits per heavy atom. The van der Waals surface area contributed by atoms with Crippen LogP contribution >= 0.6 is 0 Å². The number of hydrogen-bond acceptors (Lipinski definition) is 5. The molecule has 1 fully saturated rings. The van der Waals surface area contributed by atoms with Gasteiger partial charge >= 0.3 is 0 Å². The molecule has 8 nitrogen and oxygen atoms in total. The molecule has 1 saturated heterocycles. The topological polar surface area (TPSA) is 97.0 Å². The van der Waals surface area contributed by atoms with E-state index in [0.29, 0.717) is 29.2 Å². The molecule has 0 aromatic heterocycles. The number of hydrogen-bond donors (Lipinski definition) is 2. The fourth-order valence-electron chi connectivity index (χ4n) is 4.19. The number of carbonyl (C=O) groups is 3. The molecule has 8 heteroatoms. The second-order valence-electron chi connectivity index (χ2n) is 9.13. The molecule has 3 aromatic carbocycles.